The van der Waals surface area contributed by atoms with Crippen molar-refractivity contribution >= 4 is 33.3 Å². The number of benzene rings is 1. The predicted octanol–water partition coefficient (Wildman–Crippen LogP) is 3.50. The largest absolute Gasteiger partial charge is 0.462 e. The van der Waals surface area contributed by atoms with Crippen molar-refractivity contribution in [3.63, 3.8) is 0 Å². The second-order valence-electron chi connectivity index (χ2n) is 5.06. The van der Waals surface area contributed by atoms with Crippen molar-refractivity contribution in [2.75, 3.05) is 18.6 Å². The molecule has 118 valence electrons. The van der Waals surface area contributed by atoms with Gasteiger partial charge >= 0.3 is 5.97 Å². The maximum atomic E-state index is 11.6. The number of rotatable bonds is 5. The normalized spacial score (nSPS) is 10.7. The summed E-state index contributed by atoms with van der Waals surface area (Å²) in [5.74, 6) is 0.442. The summed E-state index contributed by atoms with van der Waals surface area (Å²) >= 11 is 1.68. The molecular formula is C17H17N3O2S. The van der Waals surface area contributed by atoms with Gasteiger partial charge in [-0.1, -0.05) is 12.1 Å². The summed E-state index contributed by atoms with van der Waals surface area (Å²) in [4.78, 5) is 22.6. The van der Waals surface area contributed by atoms with Gasteiger partial charge in [0, 0.05) is 13.2 Å². The quantitative estimate of drug-likeness (QED) is 0.671. The van der Waals surface area contributed by atoms with Crippen molar-refractivity contribution in [1.29, 1.82) is 0 Å². The summed E-state index contributed by atoms with van der Waals surface area (Å²) in [5.41, 5.74) is 1.48. The third-order valence-electron chi connectivity index (χ3n) is 3.36. The fourth-order valence-electron chi connectivity index (χ4n) is 2.22. The Balaban J connectivity index is 1.72. The van der Waals surface area contributed by atoms with Crippen LogP contribution in [0.5, 0.6) is 0 Å². The second kappa shape index (κ2) is 6.75. The summed E-state index contributed by atoms with van der Waals surface area (Å²) in [7, 11) is 1.96. The monoisotopic (exact) mass is 327 g/mol. The number of aromatic nitrogens is 2. The molecular weight excluding hydrogens is 310 g/mol. The van der Waals surface area contributed by atoms with Crippen LogP contribution >= 0.6 is 11.3 Å². The molecule has 0 spiro atoms. The fourth-order valence-corrected chi connectivity index (χ4v) is 3.24. The van der Waals surface area contributed by atoms with Crippen molar-refractivity contribution in [3.8, 4) is 0 Å². The highest BCUT2D eigenvalue weighted by Gasteiger charge is 2.10. The van der Waals surface area contributed by atoms with Gasteiger partial charge in [-0.2, -0.15) is 0 Å². The molecule has 6 heteroatoms. The number of fused-ring (bicyclic) bond motifs is 1. The van der Waals surface area contributed by atoms with Gasteiger partial charge in [0.2, 0.25) is 0 Å². The van der Waals surface area contributed by atoms with Crippen molar-refractivity contribution in [3.05, 3.63) is 53.2 Å². The average molecular weight is 327 g/mol. The molecule has 5 nitrogen and oxygen atoms in total. The van der Waals surface area contributed by atoms with E-state index >= 15 is 0 Å². The van der Waals surface area contributed by atoms with Crippen LogP contribution in [-0.4, -0.2) is 29.6 Å². The first-order chi connectivity index (χ1) is 11.2. The summed E-state index contributed by atoms with van der Waals surface area (Å²) < 4.78 is 6.14. The molecule has 0 bridgehead atoms. The minimum atomic E-state index is -0.347. The molecule has 0 fully saturated rings. The third kappa shape index (κ3) is 3.48. The molecule has 0 N–H and O–H groups in total. The number of carbonyl (C=O) groups is 1. The molecule has 0 saturated heterocycles. The van der Waals surface area contributed by atoms with Crippen LogP contribution < -0.4 is 4.90 Å². The number of carbonyl (C=O) groups excluding carboxylic acids is 1. The molecule has 2 heterocycles. The summed E-state index contributed by atoms with van der Waals surface area (Å²) in [6.45, 7) is 2.81. The Bertz CT molecular complexity index is 781. The lowest BCUT2D eigenvalue weighted by Crippen LogP contribution is -2.17. The first-order valence-corrected chi connectivity index (χ1v) is 8.18. The number of nitrogens with zero attached hydrogens (tertiary/aromatic N) is 3. The molecule has 0 radical (unpaired) electrons. The van der Waals surface area contributed by atoms with E-state index in [2.05, 4.69) is 16.0 Å². The maximum absolute atomic E-state index is 11.6. The average Bonchev–Trinajstić information content (AvgIpc) is 2.97. The first-order valence-electron chi connectivity index (χ1n) is 7.36. The Morgan fingerprint density at radius 3 is 2.78 bits per heavy atom. The van der Waals surface area contributed by atoms with Crippen molar-refractivity contribution in [2.45, 2.75) is 13.5 Å². The number of anilines is 1. The molecule has 0 unspecified atom stereocenters. The Kier molecular flexibility index (Phi) is 4.52. The predicted molar refractivity (Wildman–Crippen MR) is 91.9 cm³/mol. The Labute approximate surface area is 138 Å². The Morgan fingerprint density at radius 1 is 1.26 bits per heavy atom. The van der Waals surface area contributed by atoms with E-state index in [0.29, 0.717) is 18.7 Å². The molecule has 3 aromatic rings. The number of pyridine rings is 1. The zero-order chi connectivity index (χ0) is 16.2. The molecule has 0 saturated carbocycles. The molecule has 23 heavy (non-hydrogen) atoms. The van der Waals surface area contributed by atoms with Gasteiger partial charge in [-0.3, -0.25) is 0 Å². The Hall–Kier alpha value is -2.47. The van der Waals surface area contributed by atoms with Crippen LogP contribution in [0.2, 0.25) is 0 Å². The summed E-state index contributed by atoms with van der Waals surface area (Å²) in [6, 6.07) is 11.6. The highest BCUT2D eigenvalue weighted by atomic mass is 32.1. The van der Waals surface area contributed by atoms with Gasteiger partial charge in [-0.25, -0.2) is 14.8 Å². The zero-order valence-electron chi connectivity index (χ0n) is 13.0. The van der Waals surface area contributed by atoms with E-state index in [1.54, 1.807) is 30.5 Å². The van der Waals surface area contributed by atoms with Crippen LogP contribution in [0.15, 0.2) is 42.6 Å². The van der Waals surface area contributed by atoms with Crippen molar-refractivity contribution < 1.29 is 9.53 Å². The number of hydrogen-bond donors (Lipinski definition) is 0. The van der Waals surface area contributed by atoms with Crippen LogP contribution in [0, 0.1) is 0 Å². The number of para-hydroxylation sites is 1. The van der Waals surface area contributed by atoms with Crippen LogP contribution in [0.3, 0.4) is 0 Å². The zero-order valence-corrected chi connectivity index (χ0v) is 13.8. The molecule has 0 amide bonds. The van der Waals surface area contributed by atoms with Crippen LogP contribution in [0.4, 0.5) is 5.82 Å². The topological polar surface area (TPSA) is 55.3 Å². The number of thiazole rings is 1. The lowest BCUT2D eigenvalue weighted by Gasteiger charge is -2.16. The van der Waals surface area contributed by atoms with E-state index in [0.717, 1.165) is 16.3 Å². The standard InChI is InChI=1S/C17H17N3O2S/c1-3-22-17(21)12-8-9-15(18-10-12)20(2)11-16-19-13-6-4-5-7-14(13)23-16/h4-10H,3,11H2,1-2H3. The highest BCUT2D eigenvalue weighted by molar-refractivity contribution is 7.18. The van der Waals surface area contributed by atoms with E-state index in [-0.39, 0.29) is 5.97 Å². The number of esters is 1. The van der Waals surface area contributed by atoms with Gasteiger partial charge < -0.3 is 9.64 Å². The molecule has 2 aromatic heterocycles. The molecule has 1 aromatic carbocycles. The summed E-state index contributed by atoms with van der Waals surface area (Å²) in [6.07, 6.45) is 1.54. The smallest absolute Gasteiger partial charge is 0.339 e. The molecule has 0 atom stereocenters. The highest BCUT2D eigenvalue weighted by Crippen LogP contribution is 2.23. The van der Waals surface area contributed by atoms with Crippen LogP contribution in [0.1, 0.15) is 22.3 Å². The first kappa shape index (κ1) is 15.4. The van der Waals surface area contributed by atoms with E-state index in [9.17, 15) is 4.79 Å². The number of ether oxygens (including phenoxy) is 1. The lowest BCUT2D eigenvalue weighted by molar-refractivity contribution is 0.0526. The van der Waals surface area contributed by atoms with E-state index in [1.807, 2.05) is 36.2 Å². The van der Waals surface area contributed by atoms with Gasteiger partial charge in [0.1, 0.15) is 10.8 Å². The van der Waals surface area contributed by atoms with E-state index in [1.165, 1.54) is 4.70 Å². The van der Waals surface area contributed by atoms with Crippen LogP contribution in [0.25, 0.3) is 10.2 Å². The maximum Gasteiger partial charge on any atom is 0.339 e. The third-order valence-corrected chi connectivity index (χ3v) is 4.38. The van der Waals surface area contributed by atoms with Gasteiger partial charge in [0.05, 0.1) is 28.9 Å². The number of hydrogen-bond acceptors (Lipinski definition) is 6. The van der Waals surface area contributed by atoms with E-state index < -0.39 is 0 Å². The fraction of sp³-hybridized carbons (Fsp3) is 0.235. The SMILES string of the molecule is CCOC(=O)c1ccc(N(C)Cc2nc3ccccc3s2)nc1. The minimum absolute atomic E-state index is 0.347. The van der Waals surface area contributed by atoms with Gasteiger partial charge in [-0.15, -0.1) is 11.3 Å². The second-order valence-corrected chi connectivity index (χ2v) is 6.17. The van der Waals surface area contributed by atoms with Gasteiger partial charge in [0.15, 0.2) is 0 Å². The van der Waals surface area contributed by atoms with Gasteiger partial charge in [-0.05, 0) is 31.2 Å². The van der Waals surface area contributed by atoms with Crippen molar-refractivity contribution in [2.24, 2.45) is 0 Å². The lowest BCUT2D eigenvalue weighted by atomic mass is 10.3. The van der Waals surface area contributed by atoms with Gasteiger partial charge in [0.25, 0.3) is 0 Å². The minimum Gasteiger partial charge on any atom is -0.462 e. The summed E-state index contributed by atoms with van der Waals surface area (Å²) in [5, 5.41) is 1.03. The van der Waals surface area contributed by atoms with Crippen LogP contribution in [-0.2, 0) is 11.3 Å². The van der Waals surface area contributed by atoms with E-state index in [4.69, 9.17) is 4.74 Å². The molecule has 0 aliphatic carbocycles. The Morgan fingerprint density at radius 2 is 2.09 bits per heavy atom. The molecule has 3 rings (SSSR count). The van der Waals surface area contributed by atoms with Crippen molar-refractivity contribution in [1.82, 2.24) is 9.97 Å². The molecule has 0 aliphatic rings. The molecule has 0 aliphatic heterocycles.